The highest BCUT2D eigenvalue weighted by Gasteiger charge is 2.09. The lowest BCUT2D eigenvalue weighted by Crippen LogP contribution is -2.00. The summed E-state index contributed by atoms with van der Waals surface area (Å²) in [5, 5.41) is 4.70. The van der Waals surface area contributed by atoms with Crippen LogP contribution in [-0.4, -0.2) is 12.0 Å². The van der Waals surface area contributed by atoms with E-state index in [-0.39, 0.29) is 5.78 Å². The number of carbonyl (C=O) groups excluding carboxylic acids is 1. The summed E-state index contributed by atoms with van der Waals surface area (Å²) in [5.41, 5.74) is 3.16. The fraction of sp³-hybridized carbons (Fsp3) is 0. The van der Waals surface area contributed by atoms with Crippen LogP contribution >= 0.6 is 0 Å². The molecule has 5 rings (SSSR count). The van der Waals surface area contributed by atoms with Crippen molar-refractivity contribution in [1.82, 2.24) is 0 Å². The molecule has 0 fully saturated rings. The monoisotopic (exact) mass is 385 g/mol. The Balaban J connectivity index is 1.57. The Morgan fingerprint density at radius 2 is 1.20 bits per heavy atom. The molecule has 0 radical (unpaired) electrons. The van der Waals surface area contributed by atoms with Crippen LogP contribution in [0.2, 0.25) is 0 Å². The summed E-state index contributed by atoms with van der Waals surface area (Å²) in [7, 11) is 0. The van der Waals surface area contributed by atoms with Crippen molar-refractivity contribution >= 4 is 39.2 Å². The summed E-state index contributed by atoms with van der Waals surface area (Å²) in [6.45, 7) is 0. The molecule has 0 aliphatic rings. The van der Waals surface area contributed by atoms with Crippen molar-refractivity contribution in [3.8, 4) is 0 Å². The van der Waals surface area contributed by atoms with Crippen LogP contribution in [0.1, 0.15) is 21.5 Å². The second kappa shape index (κ2) is 7.76. The van der Waals surface area contributed by atoms with Crippen molar-refractivity contribution in [2.45, 2.75) is 0 Å². The lowest BCUT2D eigenvalue weighted by atomic mass is 9.97. The molecule has 142 valence electrons. The van der Waals surface area contributed by atoms with Gasteiger partial charge in [0.1, 0.15) is 0 Å². The minimum Gasteiger partial charge on any atom is -0.289 e. The van der Waals surface area contributed by atoms with Crippen LogP contribution in [0.3, 0.4) is 0 Å². The van der Waals surface area contributed by atoms with Gasteiger partial charge in [-0.2, -0.15) is 0 Å². The first-order valence-electron chi connectivity index (χ1n) is 9.94. The first kappa shape index (κ1) is 18.0. The van der Waals surface area contributed by atoms with Crippen molar-refractivity contribution in [3.05, 3.63) is 126 Å². The molecule has 0 saturated heterocycles. The Morgan fingerprint density at radius 1 is 0.600 bits per heavy atom. The molecule has 0 amide bonds. The van der Waals surface area contributed by atoms with E-state index in [1.807, 2.05) is 72.9 Å². The molecule has 2 heteroatoms. The summed E-state index contributed by atoms with van der Waals surface area (Å²) in [5.74, 6) is 0.00302. The summed E-state index contributed by atoms with van der Waals surface area (Å²) < 4.78 is 0. The van der Waals surface area contributed by atoms with Crippen molar-refractivity contribution in [1.29, 1.82) is 0 Å². The molecule has 0 bridgehead atoms. The minimum absolute atomic E-state index is 0.00302. The van der Waals surface area contributed by atoms with Gasteiger partial charge in [-0.25, -0.2) is 0 Å². The second-order valence-electron chi connectivity index (χ2n) is 7.24. The fourth-order valence-electron chi connectivity index (χ4n) is 3.81. The van der Waals surface area contributed by atoms with Gasteiger partial charge < -0.3 is 0 Å². The van der Waals surface area contributed by atoms with Gasteiger partial charge in [-0.3, -0.25) is 9.79 Å². The van der Waals surface area contributed by atoms with Gasteiger partial charge in [0, 0.05) is 22.9 Å². The van der Waals surface area contributed by atoms with Crippen LogP contribution in [-0.2, 0) is 0 Å². The van der Waals surface area contributed by atoms with E-state index in [2.05, 4.69) is 42.5 Å². The van der Waals surface area contributed by atoms with E-state index in [9.17, 15) is 4.79 Å². The Hall–Kier alpha value is -4.04. The zero-order valence-corrected chi connectivity index (χ0v) is 16.3. The number of rotatable bonds is 4. The summed E-state index contributed by atoms with van der Waals surface area (Å²) in [6.07, 6.45) is 1.91. The van der Waals surface area contributed by atoms with Crippen LogP contribution < -0.4 is 0 Å². The molecule has 30 heavy (non-hydrogen) atoms. The Bertz CT molecular complexity index is 1350. The third kappa shape index (κ3) is 3.40. The first-order valence-corrected chi connectivity index (χ1v) is 9.94. The molecule has 0 saturated carbocycles. The molecule has 5 aromatic carbocycles. The Kier molecular flexibility index (Phi) is 4.66. The maximum absolute atomic E-state index is 12.8. The average molecular weight is 385 g/mol. The average Bonchev–Trinajstić information content (AvgIpc) is 2.82. The third-order valence-electron chi connectivity index (χ3n) is 5.30. The number of aliphatic imine (C=N–C) groups is 1. The van der Waals surface area contributed by atoms with Gasteiger partial charge in [0.05, 0.1) is 5.69 Å². The molecule has 0 N–H and O–H groups in total. The molecule has 2 nitrogen and oxygen atoms in total. The number of benzene rings is 5. The molecular formula is C28H19NO. The summed E-state index contributed by atoms with van der Waals surface area (Å²) in [6, 6.07) is 35.7. The number of fused-ring (bicyclic) bond motifs is 2. The molecular weight excluding hydrogens is 366 g/mol. The molecule has 0 atom stereocenters. The summed E-state index contributed by atoms with van der Waals surface area (Å²) >= 11 is 0. The van der Waals surface area contributed by atoms with E-state index in [0.717, 1.165) is 22.0 Å². The quantitative estimate of drug-likeness (QED) is 0.186. The largest absolute Gasteiger partial charge is 0.289 e. The van der Waals surface area contributed by atoms with Gasteiger partial charge >= 0.3 is 0 Å². The van der Waals surface area contributed by atoms with Crippen molar-refractivity contribution in [3.63, 3.8) is 0 Å². The minimum atomic E-state index is 0.00302. The van der Waals surface area contributed by atoms with E-state index >= 15 is 0 Å². The van der Waals surface area contributed by atoms with E-state index in [1.165, 1.54) is 10.8 Å². The summed E-state index contributed by atoms with van der Waals surface area (Å²) in [4.78, 5) is 17.5. The maximum atomic E-state index is 12.8. The third-order valence-corrected chi connectivity index (χ3v) is 5.30. The normalized spacial score (nSPS) is 11.3. The smallest absolute Gasteiger partial charge is 0.193 e. The fourth-order valence-corrected chi connectivity index (χ4v) is 3.81. The number of carbonyl (C=O) groups is 1. The highest BCUT2D eigenvalue weighted by atomic mass is 16.1. The number of ketones is 1. The number of nitrogens with zero attached hydrogens (tertiary/aromatic N) is 1. The van der Waals surface area contributed by atoms with Crippen molar-refractivity contribution in [2.24, 2.45) is 4.99 Å². The number of hydrogen-bond donors (Lipinski definition) is 0. The zero-order chi connectivity index (χ0) is 20.3. The molecule has 0 spiro atoms. The van der Waals surface area contributed by atoms with Gasteiger partial charge in [0.2, 0.25) is 0 Å². The van der Waals surface area contributed by atoms with E-state index in [0.29, 0.717) is 11.1 Å². The van der Waals surface area contributed by atoms with Crippen LogP contribution in [0.15, 0.2) is 114 Å². The number of hydrogen-bond acceptors (Lipinski definition) is 2. The van der Waals surface area contributed by atoms with E-state index < -0.39 is 0 Å². The second-order valence-corrected chi connectivity index (χ2v) is 7.24. The van der Waals surface area contributed by atoms with Crippen LogP contribution in [0.5, 0.6) is 0 Å². The highest BCUT2D eigenvalue weighted by Crippen LogP contribution is 2.28. The van der Waals surface area contributed by atoms with Crippen LogP contribution in [0.4, 0.5) is 5.69 Å². The zero-order valence-electron chi connectivity index (χ0n) is 16.3. The van der Waals surface area contributed by atoms with Crippen LogP contribution in [0.25, 0.3) is 21.5 Å². The molecule has 0 heterocycles. The van der Waals surface area contributed by atoms with E-state index in [1.54, 1.807) is 0 Å². The van der Waals surface area contributed by atoms with Gasteiger partial charge in [-0.05, 0) is 39.7 Å². The van der Waals surface area contributed by atoms with Gasteiger partial charge in [0.15, 0.2) is 5.78 Å². The first-order chi connectivity index (χ1) is 14.8. The van der Waals surface area contributed by atoms with Crippen LogP contribution in [0, 0.1) is 0 Å². The lowest BCUT2D eigenvalue weighted by molar-refractivity contribution is 0.103. The van der Waals surface area contributed by atoms with Gasteiger partial charge in [-0.1, -0.05) is 91.0 Å². The Morgan fingerprint density at radius 3 is 1.90 bits per heavy atom. The molecule has 0 aliphatic heterocycles. The molecule has 0 unspecified atom stereocenters. The lowest BCUT2D eigenvalue weighted by Gasteiger charge is -2.08. The van der Waals surface area contributed by atoms with Gasteiger partial charge in [-0.15, -0.1) is 0 Å². The molecule has 0 aromatic heterocycles. The standard InChI is InChI=1S/C28H19NO/c30-28(20-9-2-1-3-10-20)23-13-8-14-24(18-23)29-19-27-25-15-6-4-11-21(25)17-22-12-5-7-16-26(22)27/h1-19H. The van der Waals surface area contributed by atoms with Crippen molar-refractivity contribution in [2.75, 3.05) is 0 Å². The highest BCUT2D eigenvalue weighted by molar-refractivity contribution is 6.14. The maximum Gasteiger partial charge on any atom is 0.193 e. The van der Waals surface area contributed by atoms with Gasteiger partial charge in [0.25, 0.3) is 0 Å². The SMILES string of the molecule is O=C(c1ccccc1)c1cccc(N=Cc2c3ccccc3cc3ccccc23)c1. The predicted molar refractivity (Wildman–Crippen MR) is 125 cm³/mol. The van der Waals surface area contributed by atoms with E-state index in [4.69, 9.17) is 4.99 Å². The Labute approximate surface area is 175 Å². The predicted octanol–water partition coefficient (Wildman–Crippen LogP) is 6.97. The molecule has 0 aliphatic carbocycles. The van der Waals surface area contributed by atoms with Crippen molar-refractivity contribution < 1.29 is 4.79 Å². The topological polar surface area (TPSA) is 29.4 Å². The molecule has 5 aromatic rings.